The maximum absolute atomic E-state index is 10.6. The van der Waals surface area contributed by atoms with Crippen molar-refractivity contribution in [2.45, 2.75) is 6.92 Å². The Kier molecular flexibility index (Phi) is 2.91. The van der Waals surface area contributed by atoms with Gasteiger partial charge in [-0.1, -0.05) is 11.3 Å². The van der Waals surface area contributed by atoms with Crippen molar-refractivity contribution in [2.24, 2.45) is 0 Å². The number of aromatic nitrogens is 2. The predicted molar refractivity (Wildman–Crippen MR) is 48.1 cm³/mol. The highest BCUT2D eigenvalue weighted by atomic mass is 32.1. The van der Waals surface area contributed by atoms with Crippen LogP contribution in [0.3, 0.4) is 0 Å². The second-order valence-corrected chi connectivity index (χ2v) is 3.10. The van der Waals surface area contributed by atoms with Crippen molar-refractivity contribution in [3.8, 4) is 0 Å². The molecule has 2 N–H and O–H groups in total. The number of hydrogen-bond donors (Lipinski definition) is 2. The van der Waals surface area contributed by atoms with Gasteiger partial charge in [-0.2, -0.15) is 0 Å². The summed E-state index contributed by atoms with van der Waals surface area (Å²) in [6.45, 7) is 1.38. The Morgan fingerprint density at radius 3 is 2.85 bits per heavy atom. The summed E-state index contributed by atoms with van der Waals surface area (Å²) in [5.74, 6) is -0.277. The van der Waals surface area contributed by atoms with Crippen molar-refractivity contribution in [3.05, 3.63) is 5.01 Å². The van der Waals surface area contributed by atoms with Crippen LogP contribution in [-0.4, -0.2) is 29.1 Å². The molecule has 1 aromatic heterocycles. The number of carbonyl (C=O) groups is 1. The van der Waals surface area contributed by atoms with Crippen LogP contribution >= 0.6 is 11.3 Å². The Morgan fingerprint density at radius 1 is 1.62 bits per heavy atom. The lowest BCUT2D eigenvalue weighted by Gasteiger charge is -1.93. The molecule has 1 aromatic rings. The summed E-state index contributed by atoms with van der Waals surface area (Å²) in [5, 5.41) is 17.7. The summed E-state index contributed by atoms with van der Waals surface area (Å²) in [6.07, 6.45) is 0. The minimum atomic E-state index is -0.216. The third kappa shape index (κ3) is 2.48. The Balaban J connectivity index is 2.74. The number of nitrogens with zero attached hydrogens (tertiary/aromatic N) is 2. The smallest absolute Gasteiger partial charge is 0.244 e. The number of methoxy groups -OCH3 is 1. The van der Waals surface area contributed by atoms with Crippen LogP contribution in [0.15, 0.2) is 0 Å². The molecule has 6 nitrogen and oxygen atoms in total. The van der Waals surface area contributed by atoms with E-state index in [0.717, 1.165) is 11.3 Å². The van der Waals surface area contributed by atoms with E-state index in [1.165, 1.54) is 14.0 Å². The van der Waals surface area contributed by atoms with Crippen molar-refractivity contribution >= 4 is 28.3 Å². The zero-order valence-corrected chi connectivity index (χ0v) is 7.94. The van der Waals surface area contributed by atoms with Gasteiger partial charge < -0.3 is 10.1 Å². The van der Waals surface area contributed by atoms with Crippen LogP contribution in [0.25, 0.3) is 0 Å². The molecule has 13 heavy (non-hydrogen) atoms. The normalized spacial score (nSPS) is 9.38. The summed E-state index contributed by atoms with van der Waals surface area (Å²) >= 11 is 1.09. The van der Waals surface area contributed by atoms with Crippen LogP contribution in [0.1, 0.15) is 11.9 Å². The van der Waals surface area contributed by atoms with Crippen LogP contribution in [0.4, 0.5) is 5.13 Å². The van der Waals surface area contributed by atoms with E-state index in [1.807, 2.05) is 0 Å². The molecule has 0 aromatic carbocycles. The largest absolute Gasteiger partial charge is 0.479 e. The third-order valence-corrected chi connectivity index (χ3v) is 1.94. The molecule has 1 heterocycles. The fourth-order valence-corrected chi connectivity index (χ4v) is 1.32. The average Bonchev–Trinajstić information content (AvgIpc) is 2.50. The van der Waals surface area contributed by atoms with Gasteiger partial charge in [0.25, 0.3) is 0 Å². The summed E-state index contributed by atoms with van der Waals surface area (Å²) in [4.78, 5) is 10.6. The van der Waals surface area contributed by atoms with Gasteiger partial charge in [-0.3, -0.25) is 10.2 Å². The standard InChI is InChI=1S/C6H8N4O2S/c1-3(11)8-6-10-9-5(13-6)4(7)12-2/h7H,1-2H3,(H,8,10,11). The van der Waals surface area contributed by atoms with Crippen LogP contribution in [0.5, 0.6) is 0 Å². The van der Waals surface area contributed by atoms with Gasteiger partial charge in [-0.25, -0.2) is 0 Å². The zero-order valence-electron chi connectivity index (χ0n) is 7.12. The SMILES string of the molecule is COC(=N)c1nnc(NC(C)=O)s1. The molecule has 0 aliphatic carbocycles. The van der Waals surface area contributed by atoms with E-state index in [2.05, 4.69) is 20.3 Å². The van der Waals surface area contributed by atoms with Crippen molar-refractivity contribution in [1.29, 1.82) is 5.41 Å². The van der Waals surface area contributed by atoms with Crippen molar-refractivity contribution in [2.75, 3.05) is 12.4 Å². The van der Waals surface area contributed by atoms with Gasteiger partial charge in [0.2, 0.25) is 21.9 Å². The number of nitrogens with one attached hydrogen (secondary N) is 2. The Labute approximate surface area is 78.4 Å². The number of hydrogen-bond acceptors (Lipinski definition) is 6. The number of rotatable bonds is 2. The highest BCUT2D eigenvalue weighted by Crippen LogP contribution is 2.15. The summed E-state index contributed by atoms with van der Waals surface area (Å²) < 4.78 is 4.63. The van der Waals surface area contributed by atoms with Gasteiger partial charge in [0.05, 0.1) is 7.11 Å². The fraction of sp³-hybridized carbons (Fsp3) is 0.333. The maximum atomic E-state index is 10.6. The highest BCUT2D eigenvalue weighted by Gasteiger charge is 2.09. The van der Waals surface area contributed by atoms with E-state index in [-0.39, 0.29) is 11.8 Å². The molecule has 0 aliphatic heterocycles. The van der Waals surface area contributed by atoms with Crippen molar-refractivity contribution in [1.82, 2.24) is 10.2 Å². The molecule has 1 rings (SSSR count). The van der Waals surface area contributed by atoms with E-state index in [0.29, 0.717) is 10.1 Å². The average molecular weight is 200 g/mol. The van der Waals surface area contributed by atoms with E-state index in [4.69, 9.17) is 5.41 Å². The second kappa shape index (κ2) is 3.94. The molecule has 1 amide bonds. The molecule has 0 fully saturated rings. The molecule has 0 spiro atoms. The lowest BCUT2D eigenvalue weighted by molar-refractivity contribution is -0.114. The molecule has 0 radical (unpaired) electrons. The van der Waals surface area contributed by atoms with Crippen LogP contribution in [0.2, 0.25) is 0 Å². The summed E-state index contributed by atoms with van der Waals surface area (Å²) in [7, 11) is 1.38. The topological polar surface area (TPSA) is 88.0 Å². The lowest BCUT2D eigenvalue weighted by Crippen LogP contribution is -2.04. The van der Waals surface area contributed by atoms with E-state index < -0.39 is 0 Å². The van der Waals surface area contributed by atoms with Gasteiger partial charge in [-0.05, 0) is 0 Å². The first-order valence-corrected chi connectivity index (χ1v) is 4.19. The second-order valence-electron chi connectivity index (χ2n) is 2.13. The third-order valence-electron chi connectivity index (χ3n) is 1.11. The molecule has 0 saturated heterocycles. The molecule has 0 bridgehead atoms. The quantitative estimate of drug-likeness (QED) is 0.536. The van der Waals surface area contributed by atoms with Crippen molar-refractivity contribution < 1.29 is 9.53 Å². The molecular weight excluding hydrogens is 192 g/mol. The van der Waals surface area contributed by atoms with Crippen LogP contribution in [0, 0.1) is 5.41 Å². The molecule has 70 valence electrons. The first-order valence-electron chi connectivity index (χ1n) is 3.37. The van der Waals surface area contributed by atoms with Crippen molar-refractivity contribution in [3.63, 3.8) is 0 Å². The number of amides is 1. The molecular formula is C6H8N4O2S. The first-order chi connectivity index (χ1) is 6.13. The number of ether oxygens (including phenoxy) is 1. The highest BCUT2D eigenvalue weighted by molar-refractivity contribution is 7.17. The van der Waals surface area contributed by atoms with E-state index in [9.17, 15) is 4.79 Å². The number of carbonyl (C=O) groups excluding carboxylic acids is 1. The summed E-state index contributed by atoms with van der Waals surface area (Å²) in [6, 6.07) is 0. The Morgan fingerprint density at radius 2 is 2.31 bits per heavy atom. The Hall–Kier alpha value is -1.50. The van der Waals surface area contributed by atoms with Gasteiger partial charge >= 0.3 is 0 Å². The monoisotopic (exact) mass is 200 g/mol. The van der Waals surface area contributed by atoms with E-state index >= 15 is 0 Å². The first kappa shape index (κ1) is 9.59. The Bertz CT molecular complexity index is 335. The summed E-state index contributed by atoms with van der Waals surface area (Å²) in [5.41, 5.74) is 0. The van der Waals surface area contributed by atoms with Crippen LogP contribution < -0.4 is 5.32 Å². The molecule has 0 unspecified atom stereocenters. The number of anilines is 1. The molecule has 7 heteroatoms. The fourth-order valence-electron chi connectivity index (χ4n) is 0.603. The van der Waals surface area contributed by atoms with Gasteiger partial charge in [0.15, 0.2) is 0 Å². The lowest BCUT2D eigenvalue weighted by atomic mass is 10.7. The van der Waals surface area contributed by atoms with E-state index in [1.54, 1.807) is 0 Å². The molecule has 0 aliphatic rings. The minimum absolute atomic E-state index is 0.0610. The van der Waals surface area contributed by atoms with Gasteiger partial charge in [0, 0.05) is 6.92 Å². The van der Waals surface area contributed by atoms with Gasteiger partial charge in [0.1, 0.15) is 0 Å². The maximum Gasteiger partial charge on any atom is 0.244 e. The predicted octanol–water partition coefficient (Wildman–Crippen LogP) is 0.468. The molecule has 0 atom stereocenters. The van der Waals surface area contributed by atoms with Crippen LogP contribution in [-0.2, 0) is 9.53 Å². The zero-order chi connectivity index (χ0) is 9.84. The van der Waals surface area contributed by atoms with Gasteiger partial charge in [-0.15, -0.1) is 10.2 Å². The minimum Gasteiger partial charge on any atom is -0.479 e. The molecule has 0 saturated carbocycles.